The number of hydrogen-bond donors (Lipinski definition) is 1. The fourth-order valence-electron chi connectivity index (χ4n) is 3.40. The highest BCUT2D eigenvalue weighted by molar-refractivity contribution is 5.95. The highest BCUT2D eigenvalue weighted by Gasteiger charge is 2.37. The topological polar surface area (TPSA) is 65.4 Å². The van der Waals surface area contributed by atoms with E-state index in [0.29, 0.717) is 11.5 Å². The van der Waals surface area contributed by atoms with E-state index in [0.717, 1.165) is 45.1 Å². The van der Waals surface area contributed by atoms with Gasteiger partial charge >= 0.3 is 5.97 Å². The third-order valence-corrected chi connectivity index (χ3v) is 4.72. The van der Waals surface area contributed by atoms with E-state index < -0.39 is 5.97 Å². The number of nitrogens with zero attached hydrogens (tertiary/aromatic N) is 3. The SMILES string of the molecule is CC(C)C1=NN(CCN2CCOCC2)C2C=C(C(=O)O)C=CC12. The van der Waals surface area contributed by atoms with Crippen molar-refractivity contribution in [1.82, 2.24) is 9.91 Å². The first-order chi connectivity index (χ1) is 11.1. The van der Waals surface area contributed by atoms with E-state index in [1.54, 1.807) is 6.08 Å². The van der Waals surface area contributed by atoms with Gasteiger partial charge in [-0.1, -0.05) is 26.0 Å². The molecule has 0 aromatic heterocycles. The number of carboxylic acids is 1. The number of fused-ring (bicyclic) bond motifs is 1. The van der Waals surface area contributed by atoms with Crippen LogP contribution in [0.1, 0.15) is 13.8 Å². The van der Waals surface area contributed by atoms with E-state index >= 15 is 0 Å². The predicted molar refractivity (Wildman–Crippen MR) is 88.4 cm³/mol. The minimum Gasteiger partial charge on any atom is -0.478 e. The first-order valence-corrected chi connectivity index (χ1v) is 8.34. The molecule has 1 aliphatic carbocycles. The van der Waals surface area contributed by atoms with Gasteiger partial charge in [0.2, 0.25) is 0 Å². The average molecular weight is 319 g/mol. The van der Waals surface area contributed by atoms with Crippen molar-refractivity contribution in [3.05, 3.63) is 23.8 Å². The Morgan fingerprint density at radius 2 is 2.13 bits per heavy atom. The standard InChI is InChI=1S/C17H25N3O3/c1-12(2)16-14-4-3-13(17(21)22)11-15(14)20(18-16)6-5-19-7-9-23-10-8-19/h3-4,11-12,14-15H,5-10H2,1-2H3,(H,21,22). The van der Waals surface area contributed by atoms with Crippen LogP contribution >= 0.6 is 0 Å². The molecule has 2 aliphatic heterocycles. The molecule has 0 bridgehead atoms. The first kappa shape index (κ1) is 16.2. The van der Waals surface area contributed by atoms with Gasteiger partial charge in [0.25, 0.3) is 0 Å². The summed E-state index contributed by atoms with van der Waals surface area (Å²) in [5.74, 6) is -0.311. The van der Waals surface area contributed by atoms with Gasteiger partial charge in [-0.25, -0.2) is 4.79 Å². The summed E-state index contributed by atoms with van der Waals surface area (Å²) in [4.78, 5) is 13.6. The molecule has 1 fully saturated rings. The minimum absolute atomic E-state index is 0.0320. The molecule has 0 spiro atoms. The Hall–Kier alpha value is -1.66. The van der Waals surface area contributed by atoms with Crippen molar-refractivity contribution in [2.45, 2.75) is 19.9 Å². The van der Waals surface area contributed by atoms with Crippen LogP contribution in [0, 0.1) is 11.8 Å². The number of carbonyl (C=O) groups is 1. The van der Waals surface area contributed by atoms with E-state index in [9.17, 15) is 9.90 Å². The number of carboxylic acid groups (broad SMARTS) is 1. The monoisotopic (exact) mass is 319 g/mol. The number of morpholine rings is 1. The summed E-state index contributed by atoms with van der Waals surface area (Å²) < 4.78 is 5.38. The van der Waals surface area contributed by atoms with Crippen LogP contribution in [0.5, 0.6) is 0 Å². The summed E-state index contributed by atoms with van der Waals surface area (Å²) in [7, 11) is 0. The molecule has 0 saturated carbocycles. The molecule has 0 radical (unpaired) electrons. The number of ether oxygens (including phenoxy) is 1. The van der Waals surface area contributed by atoms with Gasteiger partial charge in [0.05, 0.1) is 24.8 Å². The number of hydrogen-bond acceptors (Lipinski definition) is 5. The van der Waals surface area contributed by atoms with E-state index in [1.165, 1.54) is 0 Å². The van der Waals surface area contributed by atoms with Crippen LogP contribution in [0.3, 0.4) is 0 Å². The van der Waals surface area contributed by atoms with Crippen LogP contribution in [0.2, 0.25) is 0 Å². The molecule has 2 atom stereocenters. The van der Waals surface area contributed by atoms with Crippen molar-refractivity contribution in [2.24, 2.45) is 16.9 Å². The van der Waals surface area contributed by atoms with Gasteiger partial charge in [-0.15, -0.1) is 0 Å². The lowest BCUT2D eigenvalue weighted by atomic mass is 9.84. The Balaban J connectivity index is 1.71. The Morgan fingerprint density at radius 1 is 1.39 bits per heavy atom. The molecular weight excluding hydrogens is 294 g/mol. The summed E-state index contributed by atoms with van der Waals surface area (Å²) in [6.07, 6.45) is 5.57. The lowest BCUT2D eigenvalue weighted by Crippen LogP contribution is -2.42. The maximum Gasteiger partial charge on any atom is 0.335 e. The normalized spacial score (nSPS) is 27.9. The summed E-state index contributed by atoms with van der Waals surface area (Å²) in [5, 5.41) is 16.1. The molecule has 0 aromatic carbocycles. The fourth-order valence-corrected chi connectivity index (χ4v) is 3.40. The molecule has 1 saturated heterocycles. The molecule has 126 valence electrons. The Bertz CT molecular complexity index is 547. The van der Waals surface area contributed by atoms with Gasteiger partial charge in [-0.05, 0) is 12.0 Å². The van der Waals surface area contributed by atoms with Gasteiger partial charge in [0, 0.05) is 37.8 Å². The van der Waals surface area contributed by atoms with E-state index in [2.05, 4.69) is 23.8 Å². The summed E-state index contributed by atoms with van der Waals surface area (Å²) >= 11 is 0. The van der Waals surface area contributed by atoms with Crippen molar-refractivity contribution in [3.63, 3.8) is 0 Å². The highest BCUT2D eigenvalue weighted by atomic mass is 16.5. The second-order valence-electron chi connectivity index (χ2n) is 6.60. The molecule has 2 unspecified atom stereocenters. The van der Waals surface area contributed by atoms with Crippen LogP contribution in [-0.2, 0) is 9.53 Å². The van der Waals surface area contributed by atoms with Crippen molar-refractivity contribution >= 4 is 11.7 Å². The number of rotatable bonds is 5. The van der Waals surface area contributed by atoms with E-state index in [4.69, 9.17) is 9.84 Å². The quantitative estimate of drug-likeness (QED) is 0.825. The van der Waals surface area contributed by atoms with Gasteiger partial charge in [-0.3, -0.25) is 9.91 Å². The average Bonchev–Trinajstić information content (AvgIpc) is 2.92. The Labute approximate surface area is 137 Å². The van der Waals surface area contributed by atoms with Crippen molar-refractivity contribution in [2.75, 3.05) is 39.4 Å². The van der Waals surface area contributed by atoms with Crippen LogP contribution in [-0.4, -0.2) is 72.1 Å². The Morgan fingerprint density at radius 3 is 2.78 bits per heavy atom. The molecule has 2 heterocycles. The van der Waals surface area contributed by atoms with Crippen molar-refractivity contribution in [3.8, 4) is 0 Å². The second kappa shape index (κ2) is 6.84. The largest absolute Gasteiger partial charge is 0.478 e. The zero-order chi connectivity index (χ0) is 16.4. The maximum absolute atomic E-state index is 11.3. The summed E-state index contributed by atoms with van der Waals surface area (Å²) in [6, 6.07) is 0.0320. The molecule has 6 nitrogen and oxygen atoms in total. The lowest BCUT2D eigenvalue weighted by Gasteiger charge is -2.31. The van der Waals surface area contributed by atoms with Gasteiger partial charge < -0.3 is 9.84 Å². The number of aliphatic carboxylic acids is 1. The molecule has 6 heteroatoms. The molecule has 3 rings (SSSR count). The molecule has 23 heavy (non-hydrogen) atoms. The smallest absolute Gasteiger partial charge is 0.335 e. The third kappa shape index (κ3) is 3.48. The van der Waals surface area contributed by atoms with Gasteiger partial charge in [0.1, 0.15) is 0 Å². The number of hydrazone groups is 1. The Kier molecular flexibility index (Phi) is 4.82. The zero-order valence-corrected chi connectivity index (χ0v) is 13.8. The fraction of sp³-hybridized carbons (Fsp3) is 0.647. The van der Waals surface area contributed by atoms with Crippen molar-refractivity contribution < 1.29 is 14.6 Å². The molecular formula is C17H25N3O3. The van der Waals surface area contributed by atoms with E-state index in [1.807, 2.05) is 12.2 Å². The van der Waals surface area contributed by atoms with Crippen LogP contribution in [0.25, 0.3) is 0 Å². The lowest BCUT2D eigenvalue weighted by molar-refractivity contribution is -0.132. The first-order valence-electron chi connectivity index (χ1n) is 8.34. The molecule has 3 aliphatic rings. The molecule has 0 amide bonds. The van der Waals surface area contributed by atoms with Gasteiger partial charge in [-0.2, -0.15) is 5.10 Å². The summed E-state index contributed by atoms with van der Waals surface area (Å²) in [5.41, 5.74) is 1.51. The zero-order valence-electron chi connectivity index (χ0n) is 13.8. The van der Waals surface area contributed by atoms with E-state index in [-0.39, 0.29) is 12.0 Å². The van der Waals surface area contributed by atoms with Crippen molar-refractivity contribution in [1.29, 1.82) is 0 Å². The second-order valence-corrected chi connectivity index (χ2v) is 6.60. The molecule has 1 N–H and O–H groups in total. The maximum atomic E-state index is 11.3. The third-order valence-electron chi connectivity index (χ3n) is 4.72. The molecule has 0 aromatic rings. The van der Waals surface area contributed by atoms with Gasteiger partial charge in [0.15, 0.2) is 0 Å². The highest BCUT2D eigenvalue weighted by Crippen LogP contribution is 2.32. The van der Waals surface area contributed by atoms with Crippen LogP contribution < -0.4 is 0 Å². The predicted octanol–water partition coefficient (Wildman–Crippen LogP) is 1.21. The van der Waals surface area contributed by atoms with Crippen LogP contribution in [0.4, 0.5) is 0 Å². The minimum atomic E-state index is -0.870. The summed E-state index contributed by atoms with van der Waals surface area (Å²) in [6.45, 7) is 9.53. The van der Waals surface area contributed by atoms with Crippen LogP contribution in [0.15, 0.2) is 28.9 Å².